The van der Waals surface area contributed by atoms with Gasteiger partial charge in [0.25, 0.3) is 0 Å². The fourth-order valence-electron chi connectivity index (χ4n) is 2.57. The van der Waals surface area contributed by atoms with Crippen molar-refractivity contribution < 1.29 is 17.9 Å². The molecular formula is C15H17NO4S4. The lowest BCUT2D eigenvalue weighted by Crippen LogP contribution is -2.33. The first kappa shape index (κ1) is 17.9. The maximum Gasteiger partial charge on any atom is 0.349 e. The Morgan fingerprint density at radius 3 is 2.79 bits per heavy atom. The third kappa shape index (κ3) is 3.55. The Balaban J connectivity index is 1.81. The van der Waals surface area contributed by atoms with Crippen LogP contribution in [0.3, 0.4) is 0 Å². The van der Waals surface area contributed by atoms with Crippen LogP contribution in [0.15, 0.2) is 33.9 Å². The maximum atomic E-state index is 13.0. The van der Waals surface area contributed by atoms with Crippen LogP contribution in [0, 0.1) is 0 Å². The number of methoxy groups -OCH3 is 1. The van der Waals surface area contributed by atoms with Gasteiger partial charge in [0.05, 0.1) is 7.11 Å². The van der Waals surface area contributed by atoms with Crippen LogP contribution in [0.25, 0.3) is 0 Å². The summed E-state index contributed by atoms with van der Waals surface area (Å²) >= 11 is 4.59. The first-order valence-electron chi connectivity index (χ1n) is 7.35. The van der Waals surface area contributed by atoms with E-state index < -0.39 is 16.0 Å². The zero-order chi connectivity index (χ0) is 17.2. The van der Waals surface area contributed by atoms with E-state index in [2.05, 4.69) is 6.07 Å². The van der Waals surface area contributed by atoms with Gasteiger partial charge in [-0.15, -0.1) is 22.7 Å². The molecule has 0 aliphatic carbocycles. The zero-order valence-electron chi connectivity index (χ0n) is 13.0. The van der Waals surface area contributed by atoms with Crippen LogP contribution in [0.2, 0.25) is 0 Å². The molecule has 0 unspecified atom stereocenters. The minimum Gasteiger partial charge on any atom is -0.465 e. The summed E-state index contributed by atoms with van der Waals surface area (Å²) in [7, 11) is -2.43. The van der Waals surface area contributed by atoms with Gasteiger partial charge in [-0.3, -0.25) is 0 Å². The molecule has 0 aromatic carbocycles. The summed E-state index contributed by atoms with van der Waals surface area (Å²) in [5.74, 6) is 0.128. The number of rotatable bonds is 4. The molecule has 1 atom stereocenters. The molecule has 1 fully saturated rings. The van der Waals surface area contributed by atoms with Crippen LogP contribution in [-0.4, -0.2) is 44.6 Å². The van der Waals surface area contributed by atoms with Crippen molar-refractivity contribution in [1.82, 2.24) is 4.31 Å². The molecule has 5 nitrogen and oxygen atoms in total. The van der Waals surface area contributed by atoms with Crippen LogP contribution in [0.1, 0.15) is 26.2 Å². The smallest absolute Gasteiger partial charge is 0.349 e. The molecule has 3 rings (SSSR count). The highest BCUT2D eigenvalue weighted by atomic mass is 32.2. The number of thiophene rings is 2. The van der Waals surface area contributed by atoms with Gasteiger partial charge in [0.1, 0.15) is 9.77 Å². The van der Waals surface area contributed by atoms with Gasteiger partial charge in [-0.05, 0) is 29.3 Å². The first-order chi connectivity index (χ1) is 11.5. The van der Waals surface area contributed by atoms with Gasteiger partial charge in [-0.25, -0.2) is 13.2 Å². The van der Waals surface area contributed by atoms with Crippen molar-refractivity contribution in [3.63, 3.8) is 0 Å². The quantitative estimate of drug-likeness (QED) is 0.732. The largest absolute Gasteiger partial charge is 0.465 e. The molecule has 2 aromatic heterocycles. The van der Waals surface area contributed by atoms with E-state index in [0.29, 0.717) is 18.3 Å². The van der Waals surface area contributed by atoms with E-state index in [1.165, 1.54) is 22.4 Å². The third-order valence-electron chi connectivity index (χ3n) is 3.78. The van der Waals surface area contributed by atoms with E-state index >= 15 is 0 Å². The molecule has 0 bridgehead atoms. The summed E-state index contributed by atoms with van der Waals surface area (Å²) in [4.78, 5) is 13.3. The van der Waals surface area contributed by atoms with Gasteiger partial charge in [-0.2, -0.15) is 16.1 Å². The Hall–Kier alpha value is -0.870. The molecule has 0 saturated carbocycles. The Kier molecular flexibility index (Phi) is 5.66. The Bertz CT molecular complexity index is 797. The van der Waals surface area contributed by atoms with Crippen molar-refractivity contribution in [3.05, 3.63) is 38.7 Å². The standard InChI is InChI=1S/C15H17NO4S4/c1-20-15(17)14-13(5-9-23-14)24(18,19)16-6-4-12(22-10-7-16)11-3-2-8-21-11/h2-3,5,8-9,12H,4,6-7,10H2,1H3/t12-/m0/s1. The van der Waals surface area contributed by atoms with Crippen LogP contribution in [0.4, 0.5) is 0 Å². The maximum absolute atomic E-state index is 13.0. The molecule has 0 spiro atoms. The fourth-order valence-corrected chi connectivity index (χ4v) is 7.69. The Morgan fingerprint density at radius 1 is 1.25 bits per heavy atom. The SMILES string of the molecule is COC(=O)c1sccc1S(=O)(=O)N1CCS[C@H](c2cccs2)CC1. The average Bonchev–Trinajstić information content (AvgIpc) is 3.22. The normalized spacial score (nSPS) is 19.8. The number of carbonyl (C=O) groups is 1. The molecule has 1 aliphatic rings. The van der Waals surface area contributed by atoms with Gasteiger partial charge in [-0.1, -0.05) is 6.07 Å². The predicted molar refractivity (Wildman–Crippen MR) is 98.6 cm³/mol. The second kappa shape index (κ2) is 7.57. The monoisotopic (exact) mass is 403 g/mol. The average molecular weight is 404 g/mol. The number of nitrogens with zero attached hydrogens (tertiary/aromatic N) is 1. The topological polar surface area (TPSA) is 63.7 Å². The number of carbonyl (C=O) groups excluding carboxylic acids is 1. The number of ether oxygens (including phenoxy) is 1. The highest BCUT2D eigenvalue weighted by Gasteiger charge is 2.32. The molecule has 9 heteroatoms. The summed E-state index contributed by atoms with van der Waals surface area (Å²) in [5, 5.41) is 3.98. The summed E-state index contributed by atoms with van der Waals surface area (Å²) in [6.07, 6.45) is 0.766. The number of esters is 1. The van der Waals surface area contributed by atoms with Crippen molar-refractivity contribution in [2.45, 2.75) is 16.6 Å². The van der Waals surface area contributed by atoms with E-state index in [-0.39, 0.29) is 9.77 Å². The van der Waals surface area contributed by atoms with Crippen molar-refractivity contribution in [2.24, 2.45) is 0 Å². The molecule has 3 heterocycles. The van der Waals surface area contributed by atoms with Gasteiger partial charge < -0.3 is 4.74 Å². The number of thioether (sulfide) groups is 1. The first-order valence-corrected chi connectivity index (χ1v) is 11.6. The van der Waals surface area contributed by atoms with Crippen molar-refractivity contribution >= 4 is 50.4 Å². The number of sulfonamides is 1. The molecular weight excluding hydrogens is 386 g/mol. The van der Waals surface area contributed by atoms with Crippen molar-refractivity contribution in [2.75, 3.05) is 26.0 Å². The van der Waals surface area contributed by atoms with E-state index in [1.807, 2.05) is 11.4 Å². The minimum atomic E-state index is -3.69. The van der Waals surface area contributed by atoms with Crippen LogP contribution < -0.4 is 0 Å². The van der Waals surface area contributed by atoms with Crippen LogP contribution >= 0.6 is 34.4 Å². The summed E-state index contributed by atoms with van der Waals surface area (Å²) < 4.78 is 32.1. The molecule has 1 aliphatic heterocycles. The highest BCUT2D eigenvalue weighted by Crippen LogP contribution is 2.38. The predicted octanol–water partition coefficient (Wildman–Crippen LogP) is 3.47. The van der Waals surface area contributed by atoms with Gasteiger partial charge in [0.2, 0.25) is 10.0 Å². The zero-order valence-corrected chi connectivity index (χ0v) is 16.3. The lowest BCUT2D eigenvalue weighted by atomic mass is 10.2. The second-order valence-electron chi connectivity index (χ2n) is 5.17. The van der Waals surface area contributed by atoms with Crippen molar-refractivity contribution in [1.29, 1.82) is 0 Å². The molecule has 1 saturated heterocycles. The van der Waals surface area contributed by atoms with Gasteiger partial charge in [0, 0.05) is 29.0 Å². The van der Waals surface area contributed by atoms with E-state index in [0.717, 1.165) is 23.5 Å². The number of hydrogen-bond acceptors (Lipinski definition) is 7. The van der Waals surface area contributed by atoms with Gasteiger partial charge in [0.15, 0.2) is 0 Å². The van der Waals surface area contributed by atoms with Crippen LogP contribution in [0.5, 0.6) is 0 Å². The second-order valence-corrected chi connectivity index (χ2v) is 10.3. The lowest BCUT2D eigenvalue weighted by molar-refractivity contribution is 0.0602. The van der Waals surface area contributed by atoms with Gasteiger partial charge >= 0.3 is 5.97 Å². The molecule has 0 radical (unpaired) electrons. The summed E-state index contributed by atoms with van der Waals surface area (Å²) in [6, 6.07) is 5.61. The molecule has 2 aromatic rings. The minimum absolute atomic E-state index is 0.0546. The summed E-state index contributed by atoms with van der Waals surface area (Å²) in [5.41, 5.74) is 0. The highest BCUT2D eigenvalue weighted by molar-refractivity contribution is 7.99. The number of hydrogen-bond donors (Lipinski definition) is 0. The molecule has 0 N–H and O–H groups in total. The Morgan fingerprint density at radius 2 is 2.08 bits per heavy atom. The van der Waals surface area contributed by atoms with Crippen molar-refractivity contribution in [3.8, 4) is 0 Å². The van der Waals surface area contributed by atoms with E-state index in [4.69, 9.17) is 4.74 Å². The molecule has 130 valence electrons. The van der Waals surface area contributed by atoms with E-state index in [1.54, 1.807) is 28.5 Å². The lowest BCUT2D eigenvalue weighted by Gasteiger charge is -2.19. The third-order valence-corrected chi connectivity index (χ3v) is 9.19. The molecule has 24 heavy (non-hydrogen) atoms. The summed E-state index contributed by atoms with van der Waals surface area (Å²) in [6.45, 7) is 0.902. The van der Waals surface area contributed by atoms with Crippen LogP contribution in [-0.2, 0) is 14.8 Å². The molecule has 0 amide bonds. The fraction of sp³-hybridized carbons (Fsp3) is 0.400. The Labute approximate surface area is 153 Å². The van der Waals surface area contributed by atoms with E-state index in [9.17, 15) is 13.2 Å².